The lowest BCUT2D eigenvalue weighted by molar-refractivity contribution is -0.130. The number of hydrogen-bond donors (Lipinski definition) is 4. The Bertz CT molecular complexity index is 1510. The first kappa shape index (κ1) is 32.7. The zero-order valence-electron chi connectivity index (χ0n) is 26.0. The van der Waals surface area contributed by atoms with Gasteiger partial charge in [0.1, 0.15) is 29.1 Å². The third kappa shape index (κ3) is 7.86. The normalized spacial score (nSPS) is 18.2. The van der Waals surface area contributed by atoms with Gasteiger partial charge >= 0.3 is 12.1 Å². The van der Waals surface area contributed by atoms with E-state index in [9.17, 15) is 29.1 Å². The highest BCUT2D eigenvalue weighted by Gasteiger charge is 2.32. The van der Waals surface area contributed by atoms with Gasteiger partial charge in [-0.15, -0.1) is 0 Å². The van der Waals surface area contributed by atoms with Gasteiger partial charge in [0.2, 0.25) is 17.2 Å². The van der Waals surface area contributed by atoms with Crippen LogP contribution in [0.25, 0.3) is 10.9 Å². The molecule has 240 valence electrons. The third-order valence-electron chi connectivity index (χ3n) is 7.61. The number of carbonyl (C=O) groups excluding carboxylic acids is 3. The smallest absolute Gasteiger partial charge is 0.408 e. The van der Waals surface area contributed by atoms with E-state index in [2.05, 4.69) is 16.0 Å². The van der Waals surface area contributed by atoms with Crippen LogP contribution >= 0.6 is 0 Å². The molecule has 3 amide bonds. The van der Waals surface area contributed by atoms with E-state index >= 15 is 4.39 Å². The molecule has 2 fully saturated rings. The van der Waals surface area contributed by atoms with E-state index in [4.69, 9.17) is 4.74 Å². The summed E-state index contributed by atoms with van der Waals surface area (Å²) in [6.07, 6.45) is 3.16. The van der Waals surface area contributed by atoms with E-state index in [0.29, 0.717) is 31.4 Å². The maximum absolute atomic E-state index is 15.3. The van der Waals surface area contributed by atoms with E-state index in [1.807, 2.05) is 13.8 Å². The second kappa shape index (κ2) is 12.8. The van der Waals surface area contributed by atoms with Gasteiger partial charge in [-0.3, -0.25) is 14.4 Å². The number of anilines is 1. The molecule has 2 aliphatic rings. The molecule has 2 heterocycles. The molecule has 4 N–H and O–H groups in total. The van der Waals surface area contributed by atoms with Crippen molar-refractivity contribution in [3.8, 4) is 0 Å². The average molecular weight is 616 g/mol. The number of rotatable bonds is 10. The molecule has 0 bridgehead atoms. The van der Waals surface area contributed by atoms with E-state index in [1.54, 1.807) is 43.2 Å². The molecule has 1 aromatic carbocycles. The molecular formula is C31H42FN5O7. The predicted octanol–water partition coefficient (Wildman–Crippen LogP) is 3.31. The van der Waals surface area contributed by atoms with E-state index in [0.717, 1.165) is 18.9 Å². The summed E-state index contributed by atoms with van der Waals surface area (Å²) in [7, 11) is 0. The van der Waals surface area contributed by atoms with E-state index in [-0.39, 0.29) is 29.1 Å². The fourth-order valence-electron chi connectivity index (χ4n) is 5.36. The van der Waals surface area contributed by atoms with Crippen molar-refractivity contribution in [3.05, 3.63) is 39.9 Å². The van der Waals surface area contributed by atoms with Gasteiger partial charge in [0.15, 0.2) is 0 Å². The quantitative estimate of drug-likeness (QED) is 0.317. The van der Waals surface area contributed by atoms with Gasteiger partial charge in [-0.1, -0.05) is 13.8 Å². The van der Waals surface area contributed by atoms with Crippen LogP contribution in [0.5, 0.6) is 0 Å². The average Bonchev–Trinajstić information content (AvgIpc) is 3.64. The zero-order valence-corrected chi connectivity index (χ0v) is 26.0. The maximum Gasteiger partial charge on any atom is 0.408 e. The largest absolute Gasteiger partial charge is 0.477 e. The van der Waals surface area contributed by atoms with Crippen molar-refractivity contribution < 1.29 is 33.4 Å². The van der Waals surface area contributed by atoms with Gasteiger partial charge < -0.3 is 35.3 Å². The van der Waals surface area contributed by atoms with Crippen molar-refractivity contribution in [3.63, 3.8) is 0 Å². The Morgan fingerprint density at radius 1 is 1.07 bits per heavy atom. The first-order chi connectivity index (χ1) is 20.5. The molecule has 2 aromatic rings. The number of ether oxygens (including phenoxy) is 1. The SMILES string of the molecule is CC(C)C[C@H](NC(=O)OC(C)(C)C)C(=O)N[C@@H](C)C(=O)N[C@H]1CCN(c2cc3c(cc2F)c(=O)c(C(=O)O)cn3C2CC2)C1. The molecule has 13 heteroatoms. The molecular weight excluding hydrogens is 573 g/mol. The Morgan fingerprint density at radius 2 is 1.75 bits per heavy atom. The van der Waals surface area contributed by atoms with Crippen molar-refractivity contribution in [2.75, 3.05) is 18.0 Å². The molecule has 3 atom stereocenters. The molecule has 1 aliphatic heterocycles. The Morgan fingerprint density at radius 3 is 2.34 bits per heavy atom. The fraction of sp³-hybridized carbons (Fsp3) is 0.581. The van der Waals surface area contributed by atoms with Crippen LogP contribution in [0, 0.1) is 11.7 Å². The highest BCUT2D eigenvalue weighted by Crippen LogP contribution is 2.38. The van der Waals surface area contributed by atoms with Crippen LogP contribution in [-0.2, 0) is 14.3 Å². The number of carboxylic acid groups (broad SMARTS) is 1. The lowest BCUT2D eigenvalue weighted by atomic mass is 10.0. The number of fused-ring (bicyclic) bond motifs is 1. The monoisotopic (exact) mass is 615 g/mol. The number of amides is 3. The zero-order chi connectivity index (χ0) is 32.5. The lowest BCUT2D eigenvalue weighted by Crippen LogP contribution is -2.54. The Hall–Kier alpha value is -4.16. The fourth-order valence-corrected chi connectivity index (χ4v) is 5.36. The van der Waals surface area contributed by atoms with Crippen LogP contribution in [0.2, 0.25) is 0 Å². The number of aromatic nitrogens is 1. The number of alkyl carbamates (subject to hydrolysis) is 1. The third-order valence-corrected chi connectivity index (χ3v) is 7.61. The first-order valence-electron chi connectivity index (χ1n) is 15.0. The summed E-state index contributed by atoms with van der Waals surface area (Å²) in [5.41, 5.74) is -1.12. The van der Waals surface area contributed by atoms with Crippen LogP contribution in [0.1, 0.15) is 83.6 Å². The predicted molar refractivity (Wildman–Crippen MR) is 162 cm³/mol. The van der Waals surface area contributed by atoms with E-state index in [1.165, 1.54) is 6.20 Å². The van der Waals surface area contributed by atoms with Crippen LogP contribution in [0.15, 0.2) is 23.1 Å². The first-order valence-corrected chi connectivity index (χ1v) is 15.0. The number of pyridine rings is 1. The van der Waals surface area contributed by atoms with Gasteiger partial charge in [-0.05, 0) is 71.4 Å². The number of nitrogens with one attached hydrogen (secondary N) is 3. The minimum absolute atomic E-state index is 0.0172. The topological polar surface area (TPSA) is 159 Å². The second-order valence-electron chi connectivity index (χ2n) is 13.1. The van der Waals surface area contributed by atoms with Crippen LogP contribution in [0.4, 0.5) is 14.9 Å². The van der Waals surface area contributed by atoms with Gasteiger partial charge in [0.05, 0.1) is 11.2 Å². The lowest BCUT2D eigenvalue weighted by Gasteiger charge is -2.25. The summed E-state index contributed by atoms with van der Waals surface area (Å²) >= 11 is 0. The molecule has 1 aliphatic carbocycles. The maximum atomic E-state index is 15.3. The molecule has 12 nitrogen and oxygen atoms in total. The molecule has 0 radical (unpaired) electrons. The van der Waals surface area contributed by atoms with Crippen molar-refractivity contribution in [2.24, 2.45) is 5.92 Å². The molecule has 0 unspecified atom stereocenters. The van der Waals surface area contributed by atoms with E-state index < -0.39 is 58.4 Å². The summed E-state index contributed by atoms with van der Waals surface area (Å²) in [5, 5.41) is 17.7. The number of halogens is 1. The summed E-state index contributed by atoms with van der Waals surface area (Å²) in [5.74, 6) is -2.85. The molecule has 44 heavy (non-hydrogen) atoms. The summed E-state index contributed by atoms with van der Waals surface area (Å²) in [4.78, 5) is 64.5. The van der Waals surface area contributed by atoms with Crippen molar-refractivity contribution in [2.45, 2.75) is 97.0 Å². The highest BCUT2D eigenvalue weighted by molar-refractivity contribution is 5.94. The van der Waals surface area contributed by atoms with Gasteiger partial charge in [0.25, 0.3) is 0 Å². The summed E-state index contributed by atoms with van der Waals surface area (Å²) < 4.78 is 22.4. The van der Waals surface area contributed by atoms with Crippen LogP contribution in [0.3, 0.4) is 0 Å². The van der Waals surface area contributed by atoms with Crippen molar-refractivity contribution in [1.29, 1.82) is 0 Å². The van der Waals surface area contributed by atoms with Gasteiger partial charge in [0, 0.05) is 36.8 Å². The number of benzene rings is 1. The molecule has 1 saturated heterocycles. The van der Waals surface area contributed by atoms with Crippen LogP contribution in [-0.4, -0.2) is 70.4 Å². The minimum Gasteiger partial charge on any atom is -0.477 e. The summed E-state index contributed by atoms with van der Waals surface area (Å²) in [6, 6.07) is 0.605. The Kier molecular flexibility index (Phi) is 9.55. The number of hydrogen-bond acceptors (Lipinski definition) is 7. The minimum atomic E-state index is -1.35. The number of aromatic carboxylic acids is 1. The standard InChI is InChI=1S/C31H42FN5O7/c1-16(2)11-23(35-30(43)44-31(4,5)6)28(40)33-17(3)27(39)34-18-9-10-36(14-18)25-13-24-20(12-22(25)32)26(38)21(29(41)42)15-37(24)19-7-8-19/h12-13,15-19,23H,7-11,14H2,1-6H3,(H,33,40)(H,34,39)(H,35,43)(H,41,42)/t17-,18-,23-/m0/s1. The molecule has 1 aromatic heterocycles. The number of carbonyl (C=O) groups is 4. The molecule has 1 saturated carbocycles. The Labute approximate surface area is 255 Å². The van der Waals surface area contributed by atoms with Crippen molar-refractivity contribution in [1.82, 2.24) is 20.5 Å². The second-order valence-corrected chi connectivity index (χ2v) is 13.1. The van der Waals surface area contributed by atoms with Crippen LogP contribution < -0.4 is 26.3 Å². The summed E-state index contributed by atoms with van der Waals surface area (Å²) in [6.45, 7) is 11.3. The van der Waals surface area contributed by atoms with Gasteiger partial charge in [-0.2, -0.15) is 0 Å². The van der Waals surface area contributed by atoms with Gasteiger partial charge in [-0.25, -0.2) is 14.0 Å². The molecule has 0 spiro atoms. The van der Waals surface area contributed by atoms with Crippen molar-refractivity contribution >= 4 is 40.5 Å². The number of carboxylic acids is 1. The molecule has 4 rings (SSSR count). The Balaban J connectivity index is 1.41. The number of nitrogens with zero attached hydrogens (tertiary/aromatic N) is 2. The highest BCUT2D eigenvalue weighted by atomic mass is 19.1.